The number of benzene rings is 1. The Labute approximate surface area is 102 Å². The molecule has 0 radical (unpaired) electrons. The molecule has 0 saturated carbocycles. The lowest BCUT2D eigenvalue weighted by Gasteiger charge is -2.13. The van der Waals surface area contributed by atoms with Crippen molar-refractivity contribution in [2.24, 2.45) is 0 Å². The van der Waals surface area contributed by atoms with Crippen molar-refractivity contribution in [3.05, 3.63) is 35.1 Å². The van der Waals surface area contributed by atoms with Gasteiger partial charge in [-0.3, -0.25) is 4.79 Å². The second-order valence-electron chi connectivity index (χ2n) is 3.77. The Morgan fingerprint density at radius 1 is 1.33 bits per heavy atom. The summed E-state index contributed by atoms with van der Waals surface area (Å²) < 4.78 is 51.3. The Hall–Kier alpha value is -1.59. The van der Waals surface area contributed by atoms with E-state index in [-0.39, 0.29) is 6.54 Å². The molecule has 1 rings (SSSR count). The molecule has 0 aliphatic heterocycles. The summed E-state index contributed by atoms with van der Waals surface area (Å²) in [4.78, 5) is 11.6. The van der Waals surface area contributed by atoms with Crippen LogP contribution in [0.1, 0.15) is 35.7 Å². The number of hydrogen-bond acceptors (Lipinski definition) is 1. The van der Waals surface area contributed by atoms with Gasteiger partial charge in [0.25, 0.3) is 5.91 Å². The number of rotatable bonds is 4. The van der Waals surface area contributed by atoms with Crippen LogP contribution in [0.4, 0.5) is 17.6 Å². The molecule has 0 saturated heterocycles. The van der Waals surface area contributed by atoms with Crippen LogP contribution in [0.3, 0.4) is 0 Å². The van der Waals surface area contributed by atoms with Crippen LogP contribution in [0, 0.1) is 5.82 Å². The van der Waals surface area contributed by atoms with Crippen LogP contribution in [0.15, 0.2) is 18.2 Å². The fourth-order valence-electron chi connectivity index (χ4n) is 1.46. The van der Waals surface area contributed by atoms with Gasteiger partial charge in [0.05, 0.1) is 11.1 Å². The fourth-order valence-corrected chi connectivity index (χ4v) is 1.46. The highest BCUT2D eigenvalue weighted by Crippen LogP contribution is 2.32. The zero-order valence-corrected chi connectivity index (χ0v) is 9.77. The van der Waals surface area contributed by atoms with E-state index in [1.807, 2.05) is 6.92 Å². The average Bonchev–Trinajstić information content (AvgIpc) is 2.27. The molecule has 6 heteroatoms. The predicted octanol–water partition coefficient (Wildman–Crippen LogP) is 3.37. The van der Waals surface area contributed by atoms with E-state index in [1.54, 1.807) is 0 Å². The van der Waals surface area contributed by atoms with Gasteiger partial charge in [0, 0.05) is 6.54 Å². The van der Waals surface area contributed by atoms with Gasteiger partial charge in [0.1, 0.15) is 5.82 Å². The molecule has 0 unspecified atom stereocenters. The predicted molar refractivity (Wildman–Crippen MR) is 58.6 cm³/mol. The molecule has 2 nitrogen and oxygen atoms in total. The first-order valence-electron chi connectivity index (χ1n) is 5.51. The zero-order chi connectivity index (χ0) is 13.8. The number of alkyl halides is 3. The maximum absolute atomic E-state index is 13.4. The van der Waals surface area contributed by atoms with Gasteiger partial charge in [-0.2, -0.15) is 13.2 Å². The van der Waals surface area contributed by atoms with Gasteiger partial charge in [-0.05, 0) is 18.6 Å². The van der Waals surface area contributed by atoms with Crippen LogP contribution >= 0.6 is 0 Å². The third-order valence-electron chi connectivity index (χ3n) is 2.36. The fraction of sp³-hybridized carbons (Fsp3) is 0.417. The maximum Gasteiger partial charge on any atom is 0.417 e. The molecule has 100 valence electrons. The van der Waals surface area contributed by atoms with Crippen molar-refractivity contribution in [2.45, 2.75) is 25.9 Å². The molecule has 18 heavy (non-hydrogen) atoms. The van der Waals surface area contributed by atoms with Crippen LogP contribution < -0.4 is 5.32 Å². The molecular formula is C12H13F4NO. The SMILES string of the molecule is CCCCNC(=O)c1c(F)cccc1C(F)(F)F. The Morgan fingerprint density at radius 2 is 2.00 bits per heavy atom. The molecule has 0 spiro atoms. The van der Waals surface area contributed by atoms with E-state index in [2.05, 4.69) is 5.32 Å². The van der Waals surface area contributed by atoms with E-state index in [0.717, 1.165) is 18.6 Å². The summed E-state index contributed by atoms with van der Waals surface area (Å²) >= 11 is 0. The highest BCUT2D eigenvalue weighted by atomic mass is 19.4. The van der Waals surface area contributed by atoms with Crippen molar-refractivity contribution in [1.29, 1.82) is 0 Å². The third-order valence-corrected chi connectivity index (χ3v) is 2.36. The highest BCUT2D eigenvalue weighted by molar-refractivity contribution is 5.96. The normalized spacial score (nSPS) is 11.4. The van der Waals surface area contributed by atoms with Crippen LogP contribution in [0.25, 0.3) is 0 Å². The van der Waals surface area contributed by atoms with Crippen molar-refractivity contribution < 1.29 is 22.4 Å². The number of amides is 1. The first kappa shape index (κ1) is 14.5. The number of carbonyl (C=O) groups excluding carboxylic acids is 1. The summed E-state index contributed by atoms with van der Waals surface area (Å²) in [5.74, 6) is -2.20. The van der Waals surface area contributed by atoms with Crippen molar-refractivity contribution in [2.75, 3.05) is 6.54 Å². The van der Waals surface area contributed by atoms with Gasteiger partial charge in [0.2, 0.25) is 0 Å². The number of nitrogens with one attached hydrogen (secondary N) is 1. The summed E-state index contributed by atoms with van der Waals surface area (Å²) in [6.07, 6.45) is -3.34. The van der Waals surface area contributed by atoms with E-state index in [1.165, 1.54) is 0 Å². The number of unbranched alkanes of at least 4 members (excludes halogenated alkanes) is 1. The van der Waals surface area contributed by atoms with Crippen LogP contribution in [-0.2, 0) is 6.18 Å². The van der Waals surface area contributed by atoms with Crippen LogP contribution in [0.5, 0.6) is 0 Å². The molecule has 0 aromatic heterocycles. The summed E-state index contributed by atoms with van der Waals surface area (Å²) in [5, 5.41) is 2.27. The maximum atomic E-state index is 13.4. The second kappa shape index (κ2) is 5.84. The van der Waals surface area contributed by atoms with Crippen molar-refractivity contribution in [3.63, 3.8) is 0 Å². The van der Waals surface area contributed by atoms with Crippen molar-refractivity contribution >= 4 is 5.91 Å². The van der Waals surface area contributed by atoms with Crippen molar-refractivity contribution in [1.82, 2.24) is 5.32 Å². The minimum absolute atomic E-state index is 0.223. The van der Waals surface area contributed by atoms with E-state index < -0.39 is 29.0 Å². The lowest BCUT2D eigenvalue weighted by Crippen LogP contribution is -2.28. The first-order valence-corrected chi connectivity index (χ1v) is 5.51. The Bertz CT molecular complexity index is 429. The smallest absolute Gasteiger partial charge is 0.352 e. The first-order chi connectivity index (χ1) is 8.38. The molecule has 1 amide bonds. The topological polar surface area (TPSA) is 29.1 Å². The largest absolute Gasteiger partial charge is 0.417 e. The molecule has 1 N–H and O–H groups in total. The van der Waals surface area contributed by atoms with Gasteiger partial charge in [-0.15, -0.1) is 0 Å². The lowest BCUT2D eigenvalue weighted by atomic mass is 10.1. The minimum atomic E-state index is -4.75. The summed E-state index contributed by atoms with van der Waals surface area (Å²) in [6, 6.07) is 2.46. The Kier molecular flexibility index (Phi) is 4.69. The quantitative estimate of drug-likeness (QED) is 0.655. The highest BCUT2D eigenvalue weighted by Gasteiger charge is 2.36. The monoisotopic (exact) mass is 263 g/mol. The van der Waals surface area contributed by atoms with Crippen LogP contribution in [-0.4, -0.2) is 12.5 Å². The van der Waals surface area contributed by atoms with Gasteiger partial charge in [0.15, 0.2) is 0 Å². The van der Waals surface area contributed by atoms with E-state index in [0.29, 0.717) is 12.5 Å². The van der Waals surface area contributed by atoms with E-state index in [4.69, 9.17) is 0 Å². The lowest BCUT2D eigenvalue weighted by molar-refractivity contribution is -0.138. The van der Waals surface area contributed by atoms with Gasteiger partial charge >= 0.3 is 6.18 Å². The number of carbonyl (C=O) groups is 1. The molecule has 1 aromatic carbocycles. The summed E-state index contributed by atoms with van der Waals surface area (Å²) in [5.41, 5.74) is -2.20. The van der Waals surface area contributed by atoms with Gasteiger partial charge in [-0.25, -0.2) is 4.39 Å². The molecule has 0 bridgehead atoms. The van der Waals surface area contributed by atoms with E-state index in [9.17, 15) is 22.4 Å². The molecule has 0 atom stereocenters. The molecule has 0 aliphatic rings. The second-order valence-corrected chi connectivity index (χ2v) is 3.77. The number of hydrogen-bond donors (Lipinski definition) is 1. The molecule has 0 heterocycles. The summed E-state index contributed by atoms with van der Waals surface area (Å²) in [7, 11) is 0. The standard InChI is InChI=1S/C12H13F4NO/c1-2-3-7-17-11(18)10-8(12(14,15)16)5-4-6-9(10)13/h4-6H,2-3,7H2,1H3,(H,17,18). The van der Waals surface area contributed by atoms with Crippen LogP contribution in [0.2, 0.25) is 0 Å². The van der Waals surface area contributed by atoms with Gasteiger partial charge < -0.3 is 5.32 Å². The Morgan fingerprint density at radius 3 is 2.56 bits per heavy atom. The van der Waals surface area contributed by atoms with Crippen molar-refractivity contribution in [3.8, 4) is 0 Å². The molecule has 0 aliphatic carbocycles. The zero-order valence-electron chi connectivity index (χ0n) is 9.77. The minimum Gasteiger partial charge on any atom is -0.352 e. The third kappa shape index (κ3) is 3.45. The Balaban J connectivity index is 3.03. The molecular weight excluding hydrogens is 250 g/mol. The molecule has 1 aromatic rings. The number of halogens is 4. The summed E-state index contributed by atoms with van der Waals surface area (Å²) in [6.45, 7) is 2.09. The van der Waals surface area contributed by atoms with E-state index >= 15 is 0 Å². The average molecular weight is 263 g/mol. The van der Waals surface area contributed by atoms with Gasteiger partial charge in [-0.1, -0.05) is 19.4 Å². The molecule has 0 fully saturated rings.